The summed E-state index contributed by atoms with van der Waals surface area (Å²) in [6.07, 6.45) is 0. The Morgan fingerprint density at radius 2 is 1.00 bits per heavy atom. The van der Waals surface area contributed by atoms with Gasteiger partial charge in [0, 0.05) is 0 Å². The first-order valence-corrected chi connectivity index (χ1v) is 9.29. The van der Waals surface area contributed by atoms with Crippen molar-refractivity contribution < 1.29 is 0 Å². The van der Waals surface area contributed by atoms with Crippen molar-refractivity contribution in [3.05, 3.63) is 0 Å². The molecule has 0 aliphatic carbocycles. The first-order valence-electron chi connectivity index (χ1n) is 1.03. The summed E-state index contributed by atoms with van der Waals surface area (Å²) < 4.78 is 0. The van der Waals surface area contributed by atoms with Crippen LogP contribution in [0.15, 0.2) is 0 Å². The Morgan fingerprint density at radius 3 is 1.00 bits per heavy atom. The van der Waals surface area contributed by atoms with E-state index in [0.29, 0.717) is 0 Å². The van der Waals surface area contributed by atoms with Crippen molar-refractivity contribution in [1.29, 1.82) is 0 Å². The smallest absolute Gasteiger partial charge is 0.181 e. The van der Waals surface area contributed by atoms with E-state index >= 15 is 0 Å². The van der Waals surface area contributed by atoms with E-state index in [1.54, 1.807) is 0 Å². The van der Waals surface area contributed by atoms with E-state index in [1.807, 2.05) is 0 Å². The average Bonchev–Trinajstić information content (AvgIpc) is 1.41. The molecule has 0 unspecified atom stereocenters. The minimum Gasteiger partial charge on any atom is -0.181 e. The van der Waals surface area contributed by atoms with Gasteiger partial charge < -0.3 is 0 Å². The van der Waals surface area contributed by atoms with E-state index in [0.717, 1.165) is 9.55 Å². The molecule has 0 aliphatic rings. The van der Waals surface area contributed by atoms with Crippen LogP contribution in [0.2, 0.25) is 0 Å². The summed E-state index contributed by atoms with van der Waals surface area (Å²) in [5.74, 6) is 0. The second-order valence-corrected chi connectivity index (χ2v) is 6.68. The van der Waals surface area contributed by atoms with Gasteiger partial charge in [-0.25, -0.2) is 0 Å². The Kier molecular flexibility index (Phi) is 17.2. The molecule has 0 N–H and O–H groups in total. The van der Waals surface area contributed by atoms with Crippen molar-refractivity contribution in [3.63, 3.8) is 0 Å². The maximum Gasteiger partial charge on any atom is 0.326 e. The number of rotatable bonds is 0. The van der Waals surface area contributed by atoms with Gasteiger partial charge >= 0.3 is 6.73 Å². The zero-order valence-corrected chi connectivity index (χ0v) is 9.27. The van der Waals surface area contributed by atoms with Gasteiger partial charge in [-0.15, -0.1) is 33.2 Å². The lowest BCUT2D eigenvalue weighted by Crippen LogP contribution is -1.66. The zero-order valence-electron chi connectivity index (χ0n) is 3.09. The molecule has 0 nitrogen and oxygen atoms in total. The second-order valence-electron chi connectivity index (χ2n) is 0.247. The highest BCUT2D eigenvalue weighted by Crippen LogP contribution is 1.97. The fraction of sp³-hybridized carbons (Fsp3) is 0. The van der Waals surface area contributed by atoms with Gasteiger partial charge in [-0.1, -0.05) is 0 Å². The van der Waals surface area contributed by atoms with Crippen LogP contribution >= 0.6 is 44.3 Å². The first-order chi connectivity index (χ1) is 2.73. The quantitative estimate of drug-likeness (QED) is 0.404. The molecule has 0 rings (SSSR count). The van der Waals surface area contributed by atoms with E-state index < -0.39 is 6.73 Å². The first kappa shape index (κ1) is 10.6. The minimum atomic E-state index is -1.72. The van der Waals surface area contributed by atoms with Crippen molar-refractivity contribution in [2.45, 2.75) is 0 Å². The Hall–Kier alpha value is 1.59. The third-order valence-corrected chi connectivity index (χ3v) is 0. The Morgan fingerprint density at radius 1 is 1.00 bits per heavy atom. The molecule has 0 bridgehead atoms. The molecule has 6 heavy (non-hydrogen) atoms. The van der Waals surface area contributed by atoms with E-state index in [1.165, 1.54) is 0 Å². The standard InChI is InChI=1S/Cl3HSi.ClH3Si/c1-4(2)3;1-2/h4H;2H3. The van der Waals surface area contributed by atoms with Crippen LogP contribution in [-0.4, -0.2) is 16.3 Å². The summed E-state index contributed by atoms with van der Waals surface area (Å²) in [4.78, 5) is 0. The van der Waals surface area contributed by atoms with Crippen LogP contribution in [-0.2, 0) is 0 Å². The second kappa shape index (κ2) is 9.78. The van der Waals surface area contributed by atoms with Crippen LogP contribution in [0.5, 0.6) is 0 Å². The van der Waals surface area contributed by atoms with E-state index in [-0.39, 0.29) is 0 Å². The molecule has 6 heteroatoms. The van der Waals surface area contributed by atoms with Crippen molar-refractivity contribution in [3.8, 4) is 0 Å². The predicted molar refractivity (Wildman–Crippen MR) is 40.5 cm³/mol. The third-order valence-electron chi connectivity index (χ3n) is 0. The maximum absolute atomic E-state index is 4.94. The van der Waals surface area contributed by atoms with Crippen LogP contribution in [0.4, 0.5) is 0 Å². The van der Waals surface area contributed by atoms with Crippen molar-refractivity contribution >= 4 is 60.6 Å². The summed E-state index contributed by atoms with van der Waals surface area (Å²) in [5, 5.41) is 0. The molecule has 0 spiro atoms. The summed E-state index contributed by atoms with van der Waals surface area (Å²) in [7, 11) is 0.778. The van der Waals surface area contributed by atoms with Gasteiger partial charge in [-0.3, -0.25) is 0 Å². The third kappa shape index (κ3) is 46.5. The van der Waals surface area contributed by atoms with Gasteiger partial charge in [-0.2, -0.15) is 11.1 Å². The molecule has 40 valence electrons. The van der Waals surface area contributed by atoms with Crippen LogP contribution in [0.1, 0.15) is 0 Å². The van der Waals surface area contributed by atoms with Gasteiger partial charge in [0.1, 0.15) is 9.55 Å². The monoisotopic (exact) mass is 200 g/mol. The van der Waals surface area contributed by atoms with Crippen LogP contribution < -0.4 is 0 Å². The van der Waals surface area contributed by atoms with E-state index in [2.05, 4.69) is 0 Å². The summed E-state index contributed by atoms with van der Waals surface area (Å²) in [6, 6.07) is 0. The Labute approximate surface area is 60.6 Å². The maximum atomic E-state index is 4.94. The number of halogens is 4. The van der Waals surface area contributed by atoms with Crippen LogP contribution in [0.3, 0.4) is 0 Å². The normalized spacial score (nSPS) is 7.50. The van der Waals surface area contributed by atoms with Crippen LogP contribution in [0, 0.1) is 0 Å². The van der Waals surface area contributed by atoms with Crippen molar-refractivity contribution in [2.75, 3.05) is 0 Å². The predicted octanol–water partition coefficient (Wildman–Crippen LogP) is 0.926. The molecule has 0 aromatic heterocycles. The zero-order chi connectivity index (χ0) is 5.58. The molecule has 0 aromatic carbocycles. The summed E-state index contributed by atoms with van der Waals surface area (Å²) in [6.45, 7) is -1.72. The molecule has 0 heterocycles. The topological polar surface area (TPSA) is 0 Å². The van der Waals surface area contributed by atoms with Gasteiger partial charge in [0.05, 0.1) is 0 Å². The van der Waals surface area contributed by atoms with Gasteiger partial charge in [0.25, 0.3) is 0 Å². The SMILES string of the molecule is Cl[SiH](Cl)Cl.[SiH3]Cl. The average molecular weight is 202 g/mol. The minimum absolute atomic E-state index is 0.778. The molecule has 0 saturated carbocycles. The molecule has 0 aliphatic heterocycles. The fourth-order valence-corrected chi connectivity index (χ4v) is 0. The fourth-order valence-electron chi connectivity index (χ4n) is 0. The van der Waals surface area contributed by atoms with Gasteiger partial charge in [0.15, 0.2) is 0 Å². The summed E-state index contributed by atoms with van der Waals surface area (Å²) in [5.41, 5.74) is 0. The van der Waals surface area contributed by atoms with Crippen molar-refractivity contribution in [2.24, 2.45) is 0 Å². The van der Waals surface area contributed by atoms with Crippen molar-refractivity contribution in [1.82, 2.24) is 0 Å². The molecule has 0 saturated heterocycles. The lowest BCUT2D eigenvalue weighted by molar-refractivity contribution is 4.07. The largest absolute Gasteiger partial charge is 0.326 e. The molecule has 0 fully saturated rings. The highest BCUT2D eigenvalue weighted by molar-refractivity contribution is 7.54. The Balaban J connectivity index is 0. The lowest BCUT2D eigenvalue weighted by Gasteiger charge is -1.65. The molecule has 0 atom stereocenters. The molecular weight excluding hydrogens is 198 g/mol. The van der Waals surface area contributed by atoms with Gasteiger partial charge in [0.2, 0.25) is 0 Å². The summed E-state index contributed by atoms with van der Waals surface area (Å²) >= 11 is 19.6. The highest BCUT2D eigenvalue weighted by Gasteiger charge is 1.85. The van der Waals surface area contributed by atoms with Gasteiger partial charge in [-0.05, 0) is 0 Å². The molecule has 0 radical (unpaired) electrons. The lowest BCUT2D eigenvalue weighted by atomic mass is 27.7. The molecule has 0 aromatic rings. The van der Waals surface area contributed by atoms with E-state index in [4.69, 9.17) is 44.3 Å². The number of hydrogen-bond acceptors (Lipinski definition) is 0. The Bertz CT molecular complexity index is 10.3. The molecule has 0 amide bonds. The van der Waals surface area contributed by atoms with Crippen LogP contribution in [0.25, 0.3) is 0 Å². The van der Waals surface area contributed by atoms with E-state index in [9.17, 15) is 0 Å². The highest BCUT2D eigenvalue weighted by atomic mass is 35.8. The number of hydrogen-bond donors (Lipinski definition) is 0. The molecular formula is H4Cl4Si2.